The molecular weight excluding hydrogens is 339 g/mol. The first-order chi connectivity index (χ1) is 10.1. The molecule has 1 aliphatic heterocycles. The Labute approximate surface area is 152 Å². The smallest absolute Gasteiger partial charge is 0.224 e. The molecule has 1 aliphatic rings. The summed E-state index contributed by atoms with van der Waals surface area (Å²) in [4.78, 5) is 27.7. The second-order valence-electron chi connectivity index (χ2n) is 5.74. The van der Waals surface area contributed by atoms with Crippen molar-refractivity contribution in [3.63, 3.8) is 0 Å². The van der Waals surface area contributed by atoms with Gasteiger partial charge in [0.2, 0.25) is 11.8 Å². The fraction of sp³-hybridized carbons (Fsp3) is 0.867. The van der Waals surface area contributed by atoms with Gasteiger partial charge in [0.1, 0.15) is 0 Å². The molecule has 0 bridgehead atoms. The Bertz CT molecular complexity index is 325. The normalized spacial score (nSPS) is 14.6. The van der Waals surface area contributed by atoms with E-state index in [0.717, 1.165) is 58.4 Å². The lowest BCUT2D eigenvalue weighted by atomic mass is 10.1. The maximum Gasteiger partial charge on any atom is 0.224 e. The summed E-state index contributed by atoms with van der Waals surface area (Å²) in [6.07, 6.45) is 5.02. The Morgan fingerprint density at radius 1 is 0.957 bits per heavy atom. The van der Waals surface area contributed by atoms with Crippen molar-refractivity contribution < 1.29 is 9.59 Å². The average Bonchev–Trinajstić information content (AvgIpc) is 2.47. The van der Waals surface area contributed by atoms with Crippen LogP contribution in [0.2, 0.25) is 0 Å². The lowest BCUT2D eigenvalue weighted by Gasteiger charge is -2.32. The Hall–Kier alpha value is -0.560. The Balaban J connectivity index is 0. The first kappa shape index (κ1) is 24.7. The standard InChI is InChI=1S/C15H30N4O2.2ClH/c1-18-10-12-19(13-11-18)15(21)7-9-17-14(20)6-4-2-3-5-8-16;;/h2-13,16H2,1H3,(H,17,20);2*1H. The number of piperazine rings is 1. The zero-order chi connectivity index (χ0) is 15.5. The summed E-state index contributed by atoms with van der Waals surface area (Å²) in [5.41, 5.74) is 5.42. The van der Waals surface area contributed by atoms with E-state index in [1.165, 1.54) is 0 Å². The molecule has 3 N–H and O–H groups in total. The quantitative estimate of drug-likeness (QED) is 0.593. The summed E-state index contributed by atoms with van der Waals surface area (Å²) < 4.78 is 0. The van der Waals surface area contributed by atoms with Gasteiger partial charge in [0.05, 0.1) is 0 Å². The highest BCUT2D eigenvalue weighted by molar-refractivity contribution is 5.85. The second kappa shape index (κ2) is 15.0. The van der Waals surface area contributed by atoms with E-state index in [1.54, 1.807) is 0 Å². The van der Waals surface area contributed by atoms with Crippen LogP contribution < -0.4 is 11.1 Å². The number of carbonyl (C=O) groups is 2. The van der Waals surface area contributed by atoms with Gasteiger partial charge in [0.15, 0.2) is 0 Å². The van der Waals surface area contributed by atoms with E-state index >= 15 is 0 Å². The summed E-state index contributed by atoms with van der Waals surface area (Å²) in [5.74, 6) is 0.195. The van der Waals surface area contributed by atoms with Crippen LogP contribution in [0.1, 0.15) is 38.5 Å². The van der Waals surface area contributed by atoms with E-state index in [4.69, 9.17) is 5.73 Å². The maximum atomic E-state index is 12.0. The molecule has 0 spiro atoms. The highest BCUT2D eigenvalue weighted by Crippen LogP contribution is 2.03. The van der Waals surface area contributed by atoms with Crippen molar-refractivity contribution in [3.8, 4) is 0 Å². The molecule has 0 atom stereocenters. The highest BCUT2D eigenvalue weighted by Gasteiger charge is 2.18. The average molecular weight is 371 g/mol. The van der Waals surface area contributed by atoms with Crippen molar-refractivity contribution in [2.45, 2.75) is 38.5 Å². The molecule has 0 radical (unpaired) electrons. The number of nitrogens with two attached hydrogens (primary N) is 1. The van der Waals surface area contributed by atoms with Crippen LogP contribution in [0.4, 0.5) is 0 Å². The molecule has 23 heavy (non-hydrogen) atoms. The zero-order valence-corrected chi connectivity index (χ0v) is 15.7. The molecule has 8 heteroatoms. The third-order valence-electron chi connectivity index (χ3n) is 3.87. The number of hydrogen-bond acceptors (Lipinski definition) is 4. The maximum absolute atomic E-state index is 12.0. The molecule has 1 fully saturated rings. The van der Waals surface area contributed by atoms with E-state index in [2.05, 4.69) is 17.3 Å². The van der Waals surface area contributed by atoms with Crippen LogP contribution in [-0.2, 0) is 9.59 Å². The molecule has 0 aromatic heterocycles. The number of likely N-dealkylation sites (N-methyl/N-ethyl adjacent to an activating group) is 1. The first-order valence-corrected chi connectivity index (χ1v) is 8.06. The van der Waals surface area contributed by atoms with Gasteiger partial charge >= 0.3 is 0 Å². The van der Waals surface area contributed by atoms with E-state index in [-0.39, 0.29) is 36.6 Å². The summed E-state index contributed by atoms with van der Waals surface area (Å²) in [6.45, 7) is 4.63. The number of carbonyl (C=O) groups excluding carboxylic acids is 2. The molecule has 2 amide bonds. The van der Waals surface area contributed by atoms with Crippen molar-refractivity contribution in [3.05, 3.63) is 0 Å². The van der Waals surface area contributed by atoms with Crippen molar-refractivity contribution in [2.24, 2.45) is 5.73 Å². The lowest BCUT2D eigenvalue weighted by molar-refractivity contribution is -0.132. The van der Waals surface area contributed by atoms with Gasteiger partial charge in [-0.15, -0.1) is 24.8 Å². The molecule has 6 nitrogen and oxygen atoms in total. The predicted octanol–water partition coefficient (Wildman–Crippen LogP) is 1.02. The molecule has 0 aromatic carbocycles. The van der Waals surface area contributed by atoms with Gasteiger partial charge in [-0.2, -0.15) is 0 Å². The second-order valence-corrected chi connectivity index (χ2v) is 5.74. The number of nitrogens with zero attached hydrogens (tertiary/aromatic N) is 2. The predicted molar refractivity (Wildman–Crippen MR) is 98.3 cm³/mol. The molecule has 138 valence electrons. The minimum Gasteiger partial charge on any atom is -0.356 e. The van der Waals surface area contributed by atoms with Gasteiger partial charge in [-0.25, -0.2) is 0 Å². The van der Waals surface area contributed by atoms with Crippen LogP contribution >= 0.6 is 24.8 Å². The van der Waals surface area contributed by atoms with E-state index < -0.39 is 0 Å². The van der Waals surface area contributed by atoms with E-state index in [1.807, 2.05) is 4.90 Å². The van der Waals surface area contributed by atoms with Crippen LogP contribution in [0.15, 0.2) is 0 Å². The van der Waals surface area contributed by atoms with Crippen LogP contribution in [0.5, 0.6) is 0 Å². The largest absolute Gasteiger partial charge is 0.356 e. The van der Waals surface area contributed by atoms with Crippen LogP contribution in [0.25, 0.3) is 0 Å². The van der Waals surface area contributed by atoms with Crippen LogP contribution in [-0.4, -0.2) is 67.9 Å². The van der Waals surface area contributed by atoms with Crippen molar-refractivity contribution in [1.82, 2.24) is 15.1 Å². The fourth-order valence-corrected chi connectivity index (χ4v) is 2.39. The molecular formula is C15H32Cl2N4O2. The number of rotatable bonds is 9. The SMILES string of the molecule is CN1CCN(C(=O)CCNC(=O)CCCCCCN)CC1.Cl.Cl. The fourth-order valence-electron chi connectivity index (χ4n) is 2.39. The number of amides is 2. The van der Waals surface area contributed by atoms with E-state index in [9.17, 15) is 9.59 Å². The topological polar surface area (TPSA) is 78.7 Å². The van der Waals surface area contributed by atoms with E-state index in [0.29, 0.717) is 19.4 Å². The molecule has 0 saturated carbocycles. The monoisotopic (exact) mass is 370 g/mol. The van der Waals surface area contributed by atoms with Gasteiger partial charge in [0, 0.05) is 45.6 Å². The third-order valence-corrected chi connectivity index (χ3v) is 3.87. The number of nitrogens with one attached hydrogen (secondary N) is 1. The first-order valence-electron chi connectivity index (χ1n) is 8.06. The summed E-state index contributed by atoms with van der Waals surface area (Å²) >= 11 is 0. The molecule has 1 saturated heterocycles. The lowest BCUT2D eigenvalue weighted by Crippen LogP contribution is -2.47. The number of halogens is 2. The van der Waals surface area contributed by atoms with Crippen molar-refractivity contribution >= 4 is 36.6 Å². The Morgan fingerprint density at radius 2 is 1.57 bits per heavy atom. The van der Waals surface area contributed by atoms with Gasteiger partial charge in [0.25, 0.3) is 0 Å². The van der Waals surface area contributed by atoms with Crippen LogP contribution in [0, 0.1) is 0 Å². The van der Waals surface area contributed by atoms with Gasteiger partial charge in [-0.3, -0.25) is 9.59 Å². The molecule has 1 rings (SSSR count). The van der Waals surface area contributed by atoms with Crippen molar-refractivity contribution in [1.29, 1.82) is 0 Å². The summed E-state index contributed by atoms with van der Waals surface area (Å²) in [7, 11) is 2.07. The summed E-state index contributed by atoms with van der Waals surface area (Å²) in [5, 5.41) is 2.83. The van der Waals surface area contributed by atoms with Crippen molar-refractivity contribution in [2.75, 3.05) is 46.3 Å². The molecule has 0 unspecified atom stereocenters. The molecule has 0 aromatic rings. The van der Waals surface area contributed by atoms with Crippen LogP contribution in [0.3, 0.4) is 0 Å². The molecule has 1 heterocycles. The minimum absolute atomic E-state index is 0. The minimum atomic E-state index is 0. The molecule has 0 aliphatic carbocycles. The zero-order valence-electron chi connectivity index (χ0n) is 14.1. The van der Waals surface area contributed by atoms with Gasteiger partial charge < -0.3 is 20.9 Å². The third kappa shape index (κ3) is 11.6. The van der Waals surface area contributed by atoms with Gasteiger partial charge in [-0.1, -0.05) is 12.8 Å². The van der Waals surface area contributed by atoms with Gasteiger partial charge in [-0.05, 0) is 26.4 Å². The highest BCUT2D eigenvalue weighted by atomic mass is 35.5. The number of unbranched alkanes of at least 4 members (excludes halogenated alkanes) is 3. The number of hydrogen-bond donors (Lipinski definition) is 2. The summed E-state index contributed by atoms with van der Waals surface area (Å²) in [6, 6.07) is 0. The Kier molecular flexibility index (Phi) is 16.1. The Morgan fingerprint density at radius 3 is 2.17 bits per heavy atom.